The Bertz CT molecular complexity index is 504. The Labute approximate surface area is 124 Å². The standard InChI is InChI=1S/C15H21NO5/c1-9-5-10(2)14(11(3)6-9)21-8-13(18)16-12(7-17)15(19)20-4/h5-6,12,17H,7-8H2,1-4H3,(H,16,18)/t12-/m1/s1. The summed E-state index contributed by atoms with van der Waals surface area (Å²) in [6, 6.07) is 2.85. The van der Waals surface area contributed by atoms with E-state index in [9.17, 15) is 9.59 Å². The normalized spacial score (nSPS) is 11.7. The lowest BCUT2D eigenvalue weighted by molar-refractivity contribution is -0.146. The first-order valence-corrected chi connectivity index (χ1v) is 6.57. The molecule has 21 heavy (non-hydrogen) atoms. The van der Waals surface area contributed by atoms with E-state index in [1.165, 1.54) is 7.11 Å². The van der Waals surface area contributed by atoms with Crippen molar-refractivity contribution < 1.29 is 24.2 Å². The third-order valence-electron chi connectivity index (χ3n) is 2.96. The third kappa shape index (κ3) is 4.75. The second-order valence-electron chi connectivity index (χ2n) is 4.84. The number of aryl methyl sites for hydroxylation is 3. The van der Waals surface area contributed by atoms with Crippen LogP contribution in [0.2, 0.25) is 0 Å². The van der Waals surface area contributed by atoms with Gasteiger partial charge in [-0.2, -0.15) is 0 Å². The van der Waals surface area contributed by atoms with Crippen LogP contribution in [0.25, 0.3) is 0 Å². The fourth-order valence-electron chi connectivity index (χ4n) is 2.09. The highest BCUT2D eigenvalue weighted by molar-refractivity contribution is 5.85. The molecule has 6 nitrogen and oxygen atoms in total. The average molecular weight is 295 g/mol. The first kappa shape index (κ1) is 17.0. The summed E-state index contributed by atoms with van der Waals surface area (Å²) in [4.78, 5) is 23.0. The predicted octanol–water partition coefficient (Wildman–Crippen LogP) is 0.641. The third-order valence-corrected chi connectivity index (χ3v) is 2.96. The number of aliphatic hydroxyl groups is 1. The minimum Gasteiger partial charge on any atom is -0.483 e. The van der Waals surface area contributed by atoms with Gasteiger partial charge in [-0.1, -0.05) is 17.7 Å². The number of hydrogen-bond donors (Lipinski definition) is 2. The number of carbonyl (C=O) groups excluding carboxylic acids is 2. The minimum atomic E-state index is -1.08. The van der Waals surface area contributed by atoms with E-state index in [4.69, 9.17) is 9.84 Å². The SMILES string of the molecule is COC(=O)[C@@H](CO)NC(=O)COc1c(C)cc(C)cc1C. The molecule has 2 N–H and O–H groups in total. The van der Waals surface area contributed by atoms with Crippen molar-refractivity contribution in [3.8, 4) is 5.75 Å². The smallest absolute Gasteiger partial charge is 0.330 e. The fourth-order valence-corrected chi connectivity index (χ4v) is 2.09. The van der Waals surface area contributed by atoms with E-state index in [2.05, 4.69) is 10.1 Å². The van der Waals surface area contributed by atoms with Gasteiger partial charge in [0.25, 0.3) is 5.91 Å². The van der Waals surface area contributed by atoms with Gasteiger partial charge < -0.3 is 19.9 Å². The molecule has 0 spiro atoms. The van der Waals surface area contributed by atoms with Crippen molar-refractivity contribution in [2.24, 2.45) is 0 Å². The highest BCUT2D eigenvalue weighted by Gasteiger charge is 2.20. The number of amides is 1. The molecule has 0 unspecified atom stereocenters. The van der Waals surface area contributed by atoms with Gasteiger partial charge in [0.1, 0.15) is 5.75 Å². The van der Waals surface area contributed by atoms with Gasteiger partial charge in [0.2, 0.25) is 0 Å². The molecule has 1 aromatic carbocycles. The number of esters is 1. The molecule has 0 radical (unpaired) electrons. The first-order valence-electron chi connectivity index (χ1n) is 6.57. The Balaban J connectivity index is 2.63. The maximum Gasteiger partial charge on any atom is 0.330 e. The molecule has 0 saturated carbocycles. The lowest BCUT2D eigenvalue weighted by Crippen LogP contribution is -2.45. The van der Waals surface area contributed by atoms with Crippen LogP contribution in [0.4, 0.5) is 0 Å². The van der Waals surface area contributed by atoms with Gasteiger partial charge in [0, 0.05) is 0 Å². The van der Waals surface area contributed by atoms with Crippen LogP contribution in [-0.4, -0.2) is 43.3 Å². The molecule has 1 aromatic rings. The molecule has 0 heterocycles. The van der Waals surface area contributed by atoms with Crippen LogP contribution in [0.1, 0.15) is 16.7 Å². The topological polar surface area (TPSA) is 84.9 Å². The molecule has 0 aromatic heterocycles. The van der Waals surface area contributed by atoms with Crippen molar-refractivity contribution in [2.45, 2.75) is 26.8 Å². The Kier molecular flexibility index (Phi) is 6.17. The average Bonchev–Trinajstić information content (AvgIpc) is 2.42. The molecule has 1 atom stereocenters. The maximum atomic E-state index is 11.7. The summed E-state index contributed by atoms with van der Waals surface area (Å²) in [5.74, 6) is -0.554. The van der Waals surface area contributed by atoms with E-state index in [0.717, 1.165) is 16.7 Å². The van der Waals surface area contributed by atoms with Crippen LogP contribution in [0.3, 0.4) is 0 Å². The lowest BCUT2D eigenvalue weighted by Gasteiger charge is -2.16. The Morgan fingerprint density at radius 3 is 2.29 bits per heavy atom. The summed E-state index contributed by atoms with van der Waals surface area (Å²) in [6.07, 6.45) is 0. The number of carbonyl (C=O) groups is 2. The van der Waals surface area contributed by atoms with Crippen LogP contribution in [0.5, 0.6) is 5.75 Å². The van der Waals surface area contributed by atoms with Gasteiger partial charge >= 0.3 is 5.97 Å². The molecule has 116 valence electrons. The van der Waals surface area contributed by atoms with E-state index in [1.54, 1.807) is 0 Å². The van der Waals surface area contributed by atoms with Crippen LogP contribution in [0, 0.1) is 20.8 Å². The number of nitrogens with one attached hydrogen (secondary N) is 1. The molecule has 1 rings (SSSR count). The molecular formula is C15H21NO5. The number of rotatable bonds is 6. The molecular weight excluding hydrogens is 274 g/mol. The highest BCUT2D eigenvalue weighted by atomic mass is 16.5. The lowest BCUT2D eigenvalue weighted by atomic mass is 10.1. The van der Waals surface area contributed by atoms with Gasteiger partial charge in [-0.3, -0.25) is 4.79 Å². The van der Waals surface area contributed by atoms with Gasteiger partial charge in [-0.05, 0) is 31.9 Å². The van der Waals surface area contributed by atoms with Gasteiger partial charge in [0.05, 0.1) is 13.7 Å². The van der Waals surface area contributed by atoms with Crippen molar-refractivity contribution in [1.82, 2.24) is 5.32 Å². The molecule has 0 fully saturated rings. The summed E-state index contributed by atoms with van der Waals surface area (Å²) in [6.45, 7) is 5.02. The molecule has 0 saturated heterocycles. The van der Waals surface area contributed by atoms with Crippen LogP contribution >= 0.6 is 0 Å². The van der Waals surface area contributed by atoms with Crippen LogP contribution in [-0.2, 0) is 14.3 Å². The van der Waals surface area contributed by atoms with Crippen LogP contribution < -0.4 is 10.1 Å². The summed E-state index contributed by atoms with van der Waals surface area (Å²) in [5, 5.41) is 11.4. The monoisotopic (exact) mass is 295 g/mol. The molecule has 6 heteroatoms. The second-order valence-corrected chi connectivity index (χ2v) is 4.84. The quantitative estimate of drug-likeness (QED) is 0.752. The Morgan fingerprint density at radius 2 is 1.81 bits per heavy atom. The second kappa shape index (κ2) is 7.64. The summed E-state index contributed by atoms with van der Waals surface area (Å²) in [5.41, 5.74) is 2.99. The predicted molar refractivity (Wildman–Crippen MR) is 77.2 cm³/mol. The van der Waals surface area contributed by atoms with Crippen molar-refractivity contribution in [2.75, 3.05) is 20.3 Å². The van der Waals surface area contributed by atoms with Crippen molar-refractivity contribution in [3.63, 3.8) is 0 Å². The van der Waals surface area contributed by atoms with Gasteiger partial charge in [-0.25, -0.2) is 4.79 Å². The van der Waals surface area contributed by atoms with E-state index >= 15 is 0 Å². The van der Waals surface area contributed by atoms with Crippen molar-refractivity contribution in [1.29, 1.82) is 0 Å². The minimum absolute atomic E-state index is 0.238. The molecule has 0 aliphatic carbocycles. The summed E-state index contributed by atoms with van der Waals surface area (Å²) >= 11 is 0. The Hall–Kier alpha value is -2.08. The van der Waals surface area contributed by atoms with Crippen molar-refractivity contribution >= 4 is 11.9 Å². The number of aliphatic hydroxyl groups excluding tert-OH is 1. The van der Waals surface area contributed by atoms with E-state index in [1.807, 2.05) is 32.9 Å². The molecule has 0 bridgehead atoms. The zero-order chi connectivity index (χ0) is 16.0. The number of ether oxygens (including phenoxy) is 2. The van der Waals surface area contributed by atoms with Crippen molar-refractivity contribution in [3.05, 3.63) is 28.8 Å². The van der Waals surface area contributed by atoms with Crippen LogP contribution in [0.15, 0.2) is 12.1 Å². The zero-order valence-corrected chi connectivity index (χ0v) is 12.7. The molecule has 0 aliphatic rings. The van der Waals surface area contributed by atoms with E-state index < -0.39 is 24.5 Å². The molecule has 1 amide bonds. The number of hydrogen-bond acceptors (Lipinski definition) is 5. The number of methoxy groups -OCH3 is 1. The largest absolute Gasteiger partial charge is 0.483 e. The first-order chi connectivity index (χ1) is 9.88. The summed E-state index contributed by atoms with van der Waals surface area (Å²) < 4.78 is 9.96. The highest BCUT2D eigenvalue weighted by Crippen LogP contribution is 2.24. The van der Waals surface area contributed by atoms with Gasteiger partial charge in [0.15, 0.2) is 12.6 Å². The van der Waals surface area contributed by atoms with E-state index in [-0.39, 0.29) is 6.61 Å². The zero-order valence-electron chi connectivity index (χ0n) is 12.7. The number of benzene rings is 1. The summed E-state index contributed by atoms with van der Waals surface area (Å²) in [7, 11) is 1.19. The Morgan fingerprint density at radius 1 is 1.24 bits per heavy atom. The van der Waals surface area contributed by atoms with Gasteiger partial charge in [-0.15, -0.1) is 0 Å². The maximum absolute atomic E-state index is 11.7. The van der Waals surface area contributed by atoms with E-state index in [0.29, 0.717) is 5.75 Å². The molecule has 0 aliphatic heterocycles. The fraction of sp³-hybridized carbons (Fsp3) is 0.467.